The van der Waals surface area contributed by atoms with Crippen LogP contribution in [-0.2, 0) is 11.8 Å². The van der Waals surface area contributed by atoms with E-state index >= 15 is 0 Å². The summed E-state index contributed by atoms with van der Waals surface area (Å²) in [6, 6.07) is 0. The Morgan fingerprint density at radius 1 is 1.45 bits per heavy atom. The van der Waals surface area contributed by atoms with Gasteiger partial charge in [0.2, 0.25) is 0 Å². The highest BCUT2D eigenvalue weighted by molar-refractivity contribution is 5.98. The van der Waals surface area contributed by atoms with Crippen molar-refractivity contribution in [3.8, 4) is 0 Å². The highest BCUT2D eigenvalue weighted by Crippen LogP contribution is 2.32. The lowest BCUT2D eigenvalue weighted by Gasteiger charge is -2.36. The zero-order valence-corrected chi connectivity index (χ0v) is 12.1. The summed E-state index contributed by atoms with van der Waals surface area (Å²) in [5.41, 5.74) is -0.0900. The lowest BCUT2D eigenvalue weighted by Crippen LogP contribution is -2.56. The summed E-state index contributed by atoms with van der Waals surface area (Å²) in [4.78, 5) is 23.9. The molecular formula is C14H21N3O3. The van der Waals surface area contributed by atoms with Gasteiger partial charge in [-0.2, -0.15) is 5.10 Å². The average molecular weight is 279 g/mol. The SMILES string of the molecule is Cc1nn(C)cc1C(=O)NC1(C(=O)O)CCC(C)CC1. The van der Waals surface area contributed by atoms with Gasteiger partial charge in [0, 0.05) is 13.2 Å². The normalized spacial score (nSPS) is 26.2. The van der Waals surface area contributed by atoms with Gasteiger partial charge in [0.25, 0.3) is 5.91 Å². The highest BCUT2D eigenvalue weighted by atomic mass is 16.4. The Balaban J connectivity index is 2.19. The average Bonchev–Trinajstić information content (AvgIpc) is 2.71. The van der Waals surface area contributed by atoms with Crippen molar-refractivity contribution < 1.29 is 14.7 Å². The Bertz CT molecular complexity index is 528. The molecule has 20 heavy (non-hydrogen) atoms. The predicted octanol–water partition coefficient (Wildman–Crippen LogP) is 1.49. The van der Waals surface area contributed by atoms with Crippen LogP contribution in [0.25, 0.3) is 0 Å². The van der Waals surface area contributed by atoms with E-state index < -0.39 is 11.5 Å². The molecule has 2 N–H and O–H groups in total. The van der Waals surface area contributed by atoms with Crippen LogP contribution in [-0.4, -0.2) is 32.3 Å². The van der Waals surface area contributed by atoms with Crippen LogP contribution < -0.4 is 5.32 Å². The Morgan fingerprint density at radius 3 is 2.50 bits per heavy atom. The third kappa shape index (κ3) is 2.69. The minimum absolute atomic E-state index is 0.354. The van der Waals surface area contributed by atoms with Crippen LogP contribution in [0.3, 0.4) is 0 Å². The number of aryl methyl sites for hydroxylation is 2. The molecule has 0 spiro atoms. The van der Waals surface area contributed by atoms with Crippen LogP contribution in [0.2, 0.25) is 0 Å². The van der Waals surface area contributed by atoms with E-state index in [1.807, 2.05) is 0 Å². The summed E-state index contributed by atoms with van der Waals surface area (Å²) < 4.78 is 1.56. The Morgan fingerprint density at radius 2 is 2.05 bits per heavy atom. The number of aliphatic carboxylic acids is 1. The minimum atomic E-state index is -1.13. The maximum absolute atomic E-state index is 12.3. The predicted molar refractivity (Wildman–Crippen MR) is 73.4 cm³/mol. The molecule has 6 nitrogen and oxygen atoms in total. The number of nitrogens with one attached hydrogen (secondary N) is 1. The lowest BCUT2D eigenvalue weighted by atomic mass is 9.77. The number of hydrogen-bond donors (Lipinski definition) is 2. The van der Waals surface area contributed by atoms with E-state index in [1.165, 1.54) is 0 Å². The Labute approximate surface area is 118 Å². The van der Waals surface area contributed by atoms with Crippen LogP contribution in [0, 0.1) is 12.8 Å². The molecule has 0 bridgehead atoms. The molecule has 1 aromatic rings. The first-order chi connectivity index (χ1) is 9.34. The van der Waals surface area contributed by atoms with Gasteiger partial charge in [0.1, 0.15) is 5.54 Å². The Kier molecular flexibility index (Phi) is 3.83. The van der Waals surface area contributed by atoms with Crippen molar-refractivity contribution in [1.29, 1.82) is 0 Å². The monoisotopic (exact) mass is 279 g/mol. The number of carbonyl (C=O) groups excluding carboxylic acids is 1. The van der Waals surface area contributed by atoms with Gasteiger partial charge in [-0.15, -0.1) is 0 Å². The van der Waals surface area contributed by atoms with Crippen molar-refractivity contribution in [2.45, 2.75) is 45.1 Å². The second-order valence-electron chi connectivity index (χ2n) is 5.83. The first-order valence-electron chi connectivity index (χ1n) is 6.90. The number of carboxylic acid groups (broad SMARTS) is 1. The van der Waals surface area contributed by atoms with Crippen LogP contribution in [0.5, 0.6) is 0 Å². The summed E-state index contributed by atoms with van der Waals surface area (Å²) in [6.07, 6.45) is 4.21. The summed E-state index contributed by atoms with van der Waals surface area (Å²) in [5.74, 6) is -0.786. The van der Waals surface area contributed by atoms with E-state index in [1.54, 1.807) is 24.9 Å². The number of amides is 1. The zero-order valence-electron chi connectivity index (χ0n) is 12.1. The second kappa shape index (κ2) is 5.26. The fourth-order valence-corrected chi connectivity index (χ4v) is 2.75. The molecule has 1 saturated carbocycles. The number of rotatable bonds is 3. The van der Waals surface area contributed by atoms with Crippen LogP contribution in [0.15, 0.2) is 6.20 Å². The van der Waals surface area contributed by atoms with Crippen molar-refractivity contribution in [3.05, 3.63) is 17.5 Å². The quantitative estimate of drug-likeness (QED) is 0.878. The second-order valence-corrected chi connectivity index (χ2v) is 5.83. The molecule has 110 valence electrons. The fourth-order valence-electron chi connectivity index (χ4n) is 2.75. The first kappa shape index (κ1) is 14.6. The van der Waals surface area contributed by atoms with Crippen molar-refractivity contribution in [2.24, 2.45) is 13.0 Å². The topological polar surface area (TPSA) is 84.2 Å². The van der Waals surface area contributed by atoms with Crippen molar-refractivity contribution in [3.63, 3.8) is 0 Å². The van der Waals surface area contributed by atoms with E-state index in [0.717, 1.165) is 12.8 Å². The van der Waals surface area contributed by atoms with Crippen LogP contribution in [0.4, 0.5) is 0 Å². The van der Waals surface area contributed by atoms with Gasteiger partial charge in [-0.3, -0.25) is 9.48 Å². The number of carbonyl (C=O) groups is 2. The molecule has 1 heterocycles. The first-order valence-corrected chi connectivity index (χ1v) is 6.90. The molecule has 1 aliphatic carbocycles. The van der Waals surface area contributed by atoms with Crippen molar-refractivity contribution in [2.75, 3.05) is 0 Å². The molecule has 0 aliphatic heterocycles. The van der Waals surface area contributed by atoms with Gasteiger partial charge in [0.05, 0.1) is 11.3 Å². The molecule has 0 unspecified atom stereocenters. The fraction of sp³-hybridized carbons (Fsp3) is 0.643. The van der Waals surface area contributed by atoms with Crippen molar-refractivity contribution >= 4 is 11.9 Å². The van der Waals surface area contributed by atoms with Gasteiger partial charge in [-0.1, -0.05) is 6.92 Å². The number of hydrogen-bond acceptors (Lipinski definition) is 3. The van der Waals surface area contributed by atoms with E-state index in [-0.39, 0.29) is 5.91 Å². The minimum Gasteiger partial charge on any atom is -0.480 e. The molecule has 2 rings (SSSR count). The highest BCUT2D eigenvalue weighted by Gasteiger charge is 2.42. The van der Waals surface area contributed by atoms with Gasteiger partial charge in [-0.05, 0) is 38.5 Å². The number of carboxylic acids is 1. The molecule has 1 amide bonds. The third-order valence-electron chi connectivity index (χ3n) is 4.15. The van der Waals surface area contributed by atoms with Gasteiger partial charge in [0.15, 0.2) is 0 Å². The van der Waals surface area contributed by atoms with Crippen LogP contribution >= 0.6 is 0 Å². The lowest BCUT2D eigenvalue weighted by molar-refractivity contribution is -0.146. The van der Waals surface area contributed by atoms with E-state index in [2.05, 4.69) is 17.3 Å². The van der Waals surface area contributed by atoms with Crippen LogP contribution in [0.1, 0.15) is 48.7 Å². The molecular weight excluding hydrogens is 258 g/mol. The summed E-state index contributed by atoms with van der Waals surface area (Å²) in [7, 11) is 1.74. The van der Waals surface area contributed by atoms with E-state index in [0.29, 0.717) is 30.0 Å². The molecule has 1 fully saturated rings. The Hall–Kier alpha value is -1.85. The molecule has 0 aromatic carbocycles. The summed E-state index contributed by atoms with van der Waals surface area (Å²) in [5, 5.41) is 16.4. The standard InChI is InChI=1S/C14H21N3O3/c1-9-4-6-14(7-5-9,13(19)20)15-12(18)11-8-17(3)16-10(11)2/h8-9H,4-7H2,1-3H3,(H,15,18)(H,19,20). The maximum atomic E-state index is 12.3. The number of nitrogens with zero attached hydrogens (tertiary/aromatic N) is 2. The number of aromatic nitrogens is 2. The maximum Gasteiger partial charge on any atom is 0.329 e. The smallest absolute Gasteiger partial charge is 0.329 e. The summed E-state index contributed by atoms with van der Waals surface area (Å²) >= 11 is 0. The van der Waals surface area contributed by atoms with E-state index in [9.17, 15) is 14.7 Å². The van der Waals surface area contributed by atoms with Crippen molar-refractivity contribution in [1.82, 2.24) is 15.1 Å². The van der Waals surface area contributed by atoms with Gasteiger partial charge in [-0.25, -0.2) is 4.79 Å². The van der Waals surface area contributed by atoms with Gasteiger partial charge >= 0.3 is 5.97 Å². The summed E-state index contributed by atoms with van der Waals surface area (Å²) in [6.45, 7) is 3.85. The molecule has 0 saturated heterocycles. The van der Waals surface area contributed by atoms with Gasteiger partial charge < -0.3 is 10.4 Å². The zero-order chi connectivity index (χ0) is 14.9. The third-order valence-corrected chi connectivity index (χ3v) is 4.15. The molecule has 6 heteroatoms. The largest absolute Gasteiger partial charge is 0.480 e. The molecule has 1 aliphatic rings. The molecule has 1 aromatic heterocycles. The van der Waals surface area contributed by atoms with E-state index in [4.69, 9.17) is 0 Å². The molecule has 0 atom stereocenters. The molecule has 0 radical (unpaired) electrons.